The predicted octanol–water partition coefficient (Wildman–Crippen LogP) is 2.42. The van der Waals surface area contributed by atoms with Crippen LogP contribution in [0.15, 0.2) is 24.3 Å². The summed E-state index contributed by atoms with van der Waals surface area (Å²) in [4.78, 5) is 2.56. The molecular weight excluding hydrogens is 423 g/mol. The maximum absolute atomic E-state index is 6.88. The Morgan fingerprint density at radius 1 is 0.647 bits per heavy atom. The Morgan fingerprint density at radius 2 is 1.12 bits per heavy atom. The number of fused-ring (bicyclic) bond motifs is 1. The fourth-order valence-electron chi connectivity index (χ4n) is 6.69. The number of nitrogens with one attached hydrogen (secondary N) is 3. The molecule has 0 bridgehead atoms. The maximum atomic E-state index is 6.88. The Bertz CT molecular complexity index is 712. The summed E-state index contributed by atoms with van der Waals surface area (Å²) >= 11 is 0. The molecule has 0 unspecified atom stereocenters. The minimum absolute atomic E-state index is 0.0517. The third kappa shape index (κ3) is 5.71. The van der Waals surface area contributed by atoms with Crippen molar-refractivity contribution in [1.82, 2.24) is 20.9 Å². The molecule has 4 aliphatic rings. The first-order chi connectivity index (χ1) is 16.8. The van der Waals surface area contributed by atoms with Gasteiger partial charge in [-0.1, -0.05) is 62.8 Å². The van der Waals surface area contributed by atoms with Crippen molar-refractivity contribution in [3.8, 4) is 0 Å². The summed E-state index contributed by atoms with van der Waals surface area (Å²) in [6.45, 7) is 9.35. The average molecular weight is 468 g/mol. The summed E-state index contributed by atoms with van der Waals surface area (Å²) in [5.74, 6) is 0. The van der Waals surface area contributed by atoms with E-state index in [1.165, 1.54) is 75.2 Å². The molecule has 2 heterocycles. The van der Waals surface area contributed by atoms with E-state index in [0.29, 0.717) is 0 Å². The Labute approximate surface area is 207 Å². The monoisotopic (exact) mass is 468 g/mol. The molecule has 2 spiro atoms. The van der Waals surface area contributed by atoms with Gasteiger partial charge in [-0.3, -0.25) is 4.90 Å². The SMILES string of the molecule is c1cc(B2OC3(CCCCC3)C3(CCCCC3)O2)ccc1CN1CCNCCNCCNCC1. The standard InChI is InChI=1S/C27H45BN4O2/c1-3-11-26(12-4-1)27(13-5-2-6-14-27)34-28(33-26)25-9-7-24(8-10-25)23-32-21-19-30-17-15-29-16-18-31-20-22-32/h7-10,29-31H,1-6,11-23H2. The lowest BCUT2D eigenvalue weighted by molar-refractivity contribution is -0.0923. The second-order valence-corrected chi connectivity index (χ2v) is 10.9. The number of hydrogen-bond donors (Lipinski definition) is 3. The molecule has 6 nitrogen and oxygen atoms in total. The van der Waals surface area contributed by atoms with Crippen molar-refractivity contribution in [3.63, 3.8) is 0 Å². The maximum Gasteiger partial charge on any atom is 0.494 e. The van der Waals surface area contributed by atoms with Crippen LogP contribution < -0.4 is 21.4 Å². The first-order valence-corrected chi connectivity index (χ1v) is 14.1. The predicted molar refractivity (Wildman–Crippen MR) is 140 cm³/mol. The van der Waals surface area contributed by atoms with Crippen molar-refractivity contribution in [1.29, 1.82) is 0 Å². The fourth-order valence-corrected chi connectivity index (χ4v) is 6.69. The molecule has 1 aromatic rings. The van der Waals surface area contributed by atoms with Gasteiger partial charge in [0.1, 0.15) is 0 Å². The van der Waals surface area contributed by atoms with E-state index in [0.717, 1.165) is 58.9 Å². The summed E-state index contributed by atoms with van der Waals surface area (Å²) in [6, 6.07) is 9.11. The van der Waals surface area contributed by atoms with Crippen molar-refractivity contribution < 1.29 is 9.31 Å². The van der Waals surface area contributed by atoms with E-state index in [1.54, 1.807) is 0 Å². The number of rotatable bonds is 3. The van der Waals surface area contributed by atoms with Gasteiger partial charge in [-0.05, 0) is 36.7 Å². The van der Waals surface area contributed by atoms with Crippen LogP contribution in [0.5, 0.6) is 0 Å². The molecule has 0 aromatic heterocycles. The van der Waals surface area contributed by atoms with Gasteiger partial charge < -0.3 is 25.3 Å². The Hall–Kier alpha value is -0.955. The van der Waals surface area contributed by atoms with Crippen LogP contribution in [0.25, 0.3) is 0 Å². The summed E-state index contributed by atoms with van der Waals surface area (Å²) in [7, 11) is -0.200. The van der Waals surface area contributed by atoms with Crippen LogP contribution in [0.2, 0.25) is 0 Å². The second-order valence-electron chi connectivity index (χ2n) is 10.9. The zero-order chi connectivity index (χ0) is 23.1. The normalized spacial score (nSPS) is 26.9. The van der Waals surface area contributed by atoms with Crippen molar-refractivity contribution >= 4 is 12.6 Å². The zero-order valence-electron chi connectivity index (χ0n) is 21.1. The van der Waals surface area contributed by atoms with Crippen molar-refractivity contribution in [2.45, 2.75) is 82.0 Å². The van der Waals surface area contributed by atoms with Crippen LogP contribution in [-0.2, 0) is 15.9 Å². The number of benzene rings is 1. The first-order valence-electron chi connectivity index (χ1n) is 14.1. The molecule has 3 N–H and O–H groups in total. The van der Waals surface area contributed by atoms with E-state index in [4.69, 9.17) is 9.31 Å². The lowest BCUT2D eigenvalue weighted by Crippen LogP contribution is -2.53. The molecule has 5 rings (SSSR count). The van der Waals surface area contributed by atoms with Crippen molar-refractivity contribution in [2.75, 3.05) is 52.4 Å². The summed E-state index contributed by atoms with van der Waals surface area (Å²) in [6.07, 6.45) is 12.5. The quantitative estimate of drug-likeness (QED) is 0.593. The van der Waals surface area contributed by atoms with Crippen LogP contribution in [0.3, 0.4) is 0 Å². The topological polar surface area (TPSA) is 57.8 Å². The van der Waals surface area contributed by atoms with Crippen LogP contribution in [0.4, 0.5) is 0 Å². The molecule has 7 heteroatoms. The van der Waals surface area contributed by atoms with Gasteiger partial charge in [0, 0.05) is 58.9 Å². The van der Waals surface area contributed by atoms with Gasteiger partial charge in [0.2, 0.25) is 0 Å². The molecule has 0 amide bonds. The van der Waals surface area contributed by atoms with Crippen LogP contribution >= 0.6 is 0 Å². The van der Waals surface area contributed by atoms with E-state index >= 15 is 0 Å². The smallest absolute Gasteiger partial charge is 0.399 e. The van der Waals surface area contributed by atoms with Gasteiger partial charge in [0.05, 0.1) is 11.2 Å². The summed E-state index contributed by atoms with van der Waals surface area (Å²) in [5, 5.41) is 10.6. The van der Waals surface area contributed by atoms with Gasteiger partial charge in [0.25, 0.3) is 0 Å². The molecule has 1 aromatic carbocycles. The number of hydrogen-bond acceptors (Lipinski definition) is 6. The van der Waals surface area contributed by atoms with Gasteiger partial charge >= 0.3 is 7.12 Å². The Kier molecular flexibility index (Phi) is 8.62. The van der Waals surface area contributed by atoms with Gasteiger partial charge in [0.15, 0.2) is 0 Å². The molecular formula is C27H45BN4O2. The summed E-state index contributed by atoms with van der Waals surface area (Å²) in [5.41, 5.74) is 2.46. The Morgan fingerprint density at radius 3 is 1.62 bits per heavy atom. The van der Waals surface area contributed by atoms with E-state index in [-0.39, 0.29) is 18.3 Å². The highest BCUT2D eigenvalue weighted by Crippen LogP contribution is 2.53. The average Bonchev–Trinajstić information content (AvgIpc) is 3.14. The molecule has 2 saturated carbocycles. The third-order valence-electron chi connectivity index (χ3n) is 8.64. The lowest BCUT2D eigenvalue weighted by atomic mass is 9.66. The minimum Gasteiger partial charge on any atom is -0.399 e. The first kappa shape index (κ1) is 24.7. The van der Waals surface area contributed by atoms with E-state index in [1.807, 2.05) is 0 Å². The van der Waals surface area contributed by atoms with Crippen LogP contribution in [0.1, 0.15) is 69.8 Å². The minimum atomic E-state index is -0.200. The van der Waals surface area contributed by atoms with E-state index in [2.05, 4.69) is 45.1 Å². The molecule has 4 fully saturated rings. The molecule has 0 atom stereocenters. The van der Waals surface area contributed by atoms with Crippen LogP contribution in [0, 0.1) is 0 Å². The summed E-state index contributed by atoms with van der Waals surface area (Å²) < 4.78 is 13.8. The highest BCUT2D eigenvalue weighted by Gasteiger charge is 2.61. The molecule has 34 heavy (non-hydrogen) atoms. The number of nitrogens with zero attached hydrogens (tertiary/aromatic N) is 1. The molecule has 2 saturated heterocycles. The zero-order valence-corrected chi connectivity index (χ0v) is 21.1. The van der Waals surface area contributed by atoms with E-state index in [9.17, 15) is 0 Å². The molecule has 0 radical (unpaired) electrons. The van der Waals surface area contributed by atoms with Crippen molar-refractivity contribution in [2.24, 2.45) is 0 Å². The largest absolute Gasteiger partial charge is 0.494 e. The molecule has 2 aliphatic carbocycles. The van der Waals surface area contributed by atoms with Crippen molar-refractivity contribution in [3.05, 3.63) is 29.8 Å². The Balaban J connectivity index is 1.22. The highest BCUT2D eigenvalue weighted by molar-refractivity contribution is 6.62. The van der Waals surface area contributed by atoms with E-state index < -0.39 is 0 Å². The molecule has 188 valence electrons. The highest BCUT2D eigenvalue weighted by atomic mass is 16.7. The second kappa shape index (κ2) is 11.9. The fraction of sp³-hybridized carbons (Fsp3) is 0.778. The molecule has 2 aliphatic heterocycles. The van der Waals surface area contributed by atoms with Crippen LogP contribution in [-0.4, -0.2) is 75.6 Å². The van der Waals surface area contributed by atoms with Gasteiger partial charge in [-0.15, -0.1) is 0 Å². The van der Waals surface area contributed by atoms with Gasteiger partial charge in [-0.2, -0.15) is 0 Å². The third-order valence-corrected chi connectivity index (χ3v) is 8.64. The van der Waals surface area contributed by atoms with Gasteiger partial charge in [-0.25, -0.2) is 0 Å². The lowest BCUT2D eigenvalue weighted by Gasteiger charge is -2.48.